The van der Waals surface area contributed by atoms with Gasteiger partial charge < -0.3 is 11.1 Å². The van der Waals surface area contributed by atoms with Crippen molar-refractivity contribution in [3.8, 4) is 0 Å². The normalized spacial score (nSPS) is 17.9. The Kier molecular flexibility index (Phi) is 12.2. The molecule has 0 spiro atoms. The molecule has 0 aromatic rings. The summed E-state index contributed by atoms with van der Waals surface area (Å²) in [5.41, 5.74) is 5.82. The van der Waals surface area contributed by atoms with Crippen molar-refractivity contribution < 1.29 is 9.59 Å². The third kappa shape index (κ3) is 11.0. The first-order chi connectivity index (χ1) is 11.6. The highest BCUT2D eigenvalue weighted by Crippen LogP contribution is 2.39. The fourth-order valence-corrected chi connectivity index (χ4v) is 5.61. The number of carbonyl (C=O) groups excluding carboxylic acids is 2. The van der Waals surface area contributed by atoms with E-state index in [-0.39, 0.29) is 11.8 Å². The van der Waals surface area contributed by atoms with Crippen LogP contribution in [0.15, 0.2) is 11.6 Å². The van der Waals surface area contributed by atoms with Crippen molar-refractivity contribution in [2.24, 2.45) is 5.73 Å². The third-order valence-corrected chi connectivity index (χ3v) is 7.21. The lowest BCUT2D eigenvalue weighted by Gasteiger charge is -2.07. The van der Waals surface area contributed by atoms with Crippen molar-refractivity contribution in [2.75, 3.05) is 12.3 Å². The van der Waals surface area contributed by atoms with Crippen LogP contribution in [0.5, 0.6) is 0 Å². The van der Waals surface area contributed by atoms with Crippen molar-refractivity contribution in [3.05, 3.63) is 11.6 Å². The summed E-state index contributed by atoms with van der Waals surface area (Å²) in [6.07, 6.45) is 12.6. The van der Waals surface area contributed by atoms with E-state index < -0.39 is 0 Å². The van der Waals surface area contributed by atoms with Gasteiger partial charge in [-0.2, -0.15) is 0 Å². The first-order valence-corrected chi connectivity index (χ1v) is 11.5. The van der Waals surface area contributed by atoms with Gasteiger partial charge in [0.05, 0.1) is 0 Å². The minimum atomic E-state index is -0.335. The maximum atomic E-state index is 11.7. The van der Waals surface area contributed by atoms with Crippen LogP contribution in [0.1, 0.15) is 71.1 Å². The van der Waals surface area contributed by atoms with E-state index in [1.54, 1.807) is 6.92 Å². The Labute approximate surface area is 154 Å². The summed E-state index contributed by atoms with van der Waals surface area (Å²) in [7, 11) is 4.00. The van der Waals surface area contributed by atoms with Crippen LogP contribution in [0.25, 0.3) is 0 Å². The van der Waals surface area contributed by atoms with E-state index in [2.05, 4.69) is 5.32 Å². The Morgan fingerprint density at radius 1 is 1.17 bits per heavy atom. The van der Waals surface area contributed by atoms with Gasteiger partial charge in [0, 0.05) is 29.5 Å². The van der Waals surface area contributed by atoms with Crippen molar-refractivity contribution in [3.63, 3.8) is 0 Å². The van der Waals surface area contributed by atoms with Crippen molar-refractivity contribution >= 4 is 33.4 Å². The molecule has 0 bridgehead atoms. The van der Waals surface area contributed by atoms with Crippen LogP contribution < -0.4 is 11.1 Å². The number of allylic oxidation sites excluding steroid dienone is 1. The van der Waals surface area contributed by atoms with E-state index in [4.69, 9.17) is 5.73 Å². The molecule has 0 saturated carbocycles. The second-order valence-electron chi connectivity index (χ2n) is 6.38. The van der Waals surface area contributed by atoms with Crippen LogP contribution in [0.3, 0.4) is 0 Å². The summed E-state index contributed by atoms with van der Waals surface area (Å²) in [4.78, 5) is 22.6. The van der Waals surface area contributed by atoms with Gasteiger partial charge in [-0.1, -0.05) is 46.9 Å². The number of nitrogens with one attached hydrogen (secondary N) is 1. The zero-order valence-electron chi connectivity index (χ0n) is 14.9. The van der Waals surface area contributed by atoms with Crippen LogP contribution in [0, 0.1) is 0 Å². The molecule has 6 heteroatoms. The van der Waals surface area contributed by atoms with Gasteiger partial charge in [-0.15, -0.1) is 0 Å². The molecule has 3 N–H and O–H groups in total. The van der Waals surface area contributed by atoms with Crippen LogP contribution in [0.4, 0.5) is 0 Å². The maximum Gasteiger partial charge on any atom is 0.244 e. The van der Waals surface area contributed by atoms with Crippen molar-refractivity contribution in [2.45, 2.75) is 76.4 Å². The van der Waals surface area contributed by atoms with E-state index in [1.807, 2.05) is 27.7 Å². The molecule has 1 fully saturated rings. The van der Waals surface area contributed by atoms with E-state index in [0.29, 0.717) is 12.0 Å². The average molecular weight is 373 g/mol. The number of carbonyl (C=O) groups is 2. The second-order valence-corrected chi connectivity index (χ2v) is 9.17. The fraction of sp³-hybridized carbons (Fsp3) is 0.778. The van der Waals surface area contributed by atoms with E-state index in [0.717, 1.165) is 50.3 Å². The topological polar surface area (TPSA) is 72.2 Å². The molecule has 0 aromatic heterocycles. The zero-order valence-corrected chi connectivity index (χ0v) is 16.5. The lowest BCUT2D eigenvalue weighted by molar-refractivity contribution is -0.121. The number of amides is 2. The quantitative estimate of drug-likeness (QED) is 0.289. The Bertz CT molecular complexity index is 408. The smallest absolute Gasteiger partial charge is 0.244 e. The largest absolute Gasteiger partial charge is 0.366 e. The van der Waals surface area contributed by atoms with Crippen LogP contribution in [-0.4, -0.2) is 29.4 Å². The number of unbranched alkanes of at least 4 members (excludes halogenated alkanes) is 5. The molecular weight excluding hydrogens is 340 g/mol. The van der Waals surface area contributed by atoms with Crippen molar-refractivity contribution in [1.29, 1.82) is 0 Å². The van der Waals surface area contributed by atoms with Crippen LogP contribution in [-0.2, 0) is 9.59 Å². The standard InChI is InChI=1S/C18H32N2O2S2/c1-15(18(19)22)9-5-3-2-4-8-13-20-17(21)11-7-6-10-16-12-14-23-24-16/h9,16H,2-8,10-14H2,1H3,(H2,19,22)(H,20,21). The number of hydrogen-bond acceptors (Lipinski definition) is 4. The number of hydrogen-bond donors (Lipinski definition) is 2. The van der Waals surface area contributed by atoms with Crippen molar-refractivity contribution in [1.82, 2.24) is 5.32 Å². The molecule has 0 aromatic carbocycles. The summed E-state index contributed by atoms with van der Waals surface area (Å²) in [5, 5.41) is 3.83. The van der Waals surface area contributed by atoms with Gasteiger partial charge in [0.15, 0.2) is 0 Å². The lowest BCUT2D eigenvalue weighted by Crippen LogP contribution is -2.24. The molecule has 24 heavy (non-hydrogen) atoms. The summed E-state index contributed by atoms with van der Waals surface area (Å²) < 4.78 is 0. The fourth-order valence-electron chi connectivity index (χ4n) is 2.58. The first kappa shape index (κ1) is 21.4. The average Bonchev–Trinajstić information content (AvgIpc) is 3.07. The molecule has 1 heterocycles. The van der Waals surface area contributed by atoms with Gasteiger partial charge in [-0.05, 0) is 45.4 Å². The SMILES string of the molecule is CC(=CCCCCCCNC(=O)CCCCC1CCSS1)C(N)=O. The zero-order chi connectivity index (χ0) is 17.6. The van der Waals surface area contributed by atoms with E-state index in [1.165, 1.54) is 25.0 Å². The monoisotopic (exact) mass is 372 g/mol. The summed E-state index contributed by atoms with van der Waals surface area (Å²) >= 11 is 0. The molecule has 4 nitrogen and oxygen atoms in total. The highest BCUT2D eigenvalue weighted by Gasteiger charge is 2.15. The Hall–Kier alpha value is -0.620. The Morgan fingerprint density at radius 3 is 2.67 bits per heavy atom. The Balaban J connectivity index is 1.85. The molecule has 1 saturated heterocycles. The number of primary amides is 1. The molecule has 0 aliphatic carbocycles. The summed E-state index contributed by atoms with van der Waals surface area (Å²) in [5.74, 6) is 1.15. The van der Waals surface area contributed by atoms with Gasteiger partial charge in [0.2, 0.25) is 11.8 Å². The molecular formula is C18H32N2O2S2. The summed E-state index contributed by atoms with van der Waals surface area (Å²) in [6, 6.07) is 0. The molecule has 1 aliphatic rings. The predicted molar refractivity (Wildman–Crippen MR) is 106 cm³/mol. The number of rotatable bonds is 13. The molecule has 1 atom stereocenters. The second kappa shape index (κ2) is 13.6. The molecule has 2 amide bonds. The molecule has 1 unspecified atom stereocenters. The predicted octanol–water partition coefficient (Wildman–Crippen LogP) is 4.20. The highest BCUT2D eigenvalue weighted by molar-refractivity contribution is 8.77. The number of nitrogens with two attached hydrogens (primary N) is 1. The van der Waals surface area contributed by atoms with E-state index in [9.17, 15) is 9.59 Å². The minimum absolute atomic E-state index is 0.198. The van der Waals surface area contributed by atoms with Gasteiger partial charge in [-0.25, -0.2) is 0 Å². The lowest BCUT2D eigenvalue weighted by atomic mass is 10.1. The first-order valence-electron chi connectivity index (χ1n) is 9.11. The van der Waals surface area contributed by atoms with Gasteiger partial charge in [0.1, 0.15) is 0 Å². The molecule has 138 valence electrons. The van der Waals surface area contributed by atoms with Crippen LogP contribution >= 0.6 is 21.6 Å². The molecule has 1 aliphatic heterocycles. The van der Waals surface area contributed by atoms with Gasteiger partial charge in [0.25, 0.3) is 0 Å². The van der Waals surface area contributed by atoms with Crippen LogP contribution in [0.2, 0.25) is 0 Å². The Morgan fingerprint density at radius 2 is 1.96 bits per heavy atom. The molecule has 0 radical (unpaired) electrons. The minimum Gasteiger partial charge on any atom is -0.366 e. The summed E-state index contributed by atoms with van der Waals surface area (Å²) in [6.45, 7) is 2.54. The maximum absolute atomic E-state index is 11.7. The van der Waals surface area contributed by atoms with E-state index >= 15 is 0 Å². The third-order valence-electron chi connectivity index (χ3n) is 4.20. The molecule has 1 rings (SSSR count). The van der Waals surface area contributed by atoms with Gasteiger partial charge in [-0.3, -0.25) is 9.59 Å². The highest BCUT2D eigenvalue weighted by atomic mass is 33.1. The van der Waals surface area contributed by atoms with Gasteiger partial charge >= 0.3 is 0 Å².